The number of guanidine groups is 1. The van der Waals surface area contributed by atoms with Crippen LogP contribution in [0, 0.1) is 0 Å². The van der Waals surface area contributed by atoms with Gasteiger partial charge in [-0.3, -0.25) is 15.0 Å². The number of aromatic amines is 1. The number of methoxy groups -OCH3 is 1. The molecule has 26 heavy (non-hydrogen) atoms. The lowest BCUT2D eigenvalue weighted by Crippen LogP contribution is -2.42. The number of hydrogen-bond donors (Lipinski definition) is 3. The van der Waals surface area contributed by atoms with Crippen LogP contribution in [0.3, 0.4) is 0 Å². The predicted octanol–water partition coefficient (Wildman–Crippen LogP) is 1.92. The Hall–Kier alpha value is -2.54. The van der Waals surface area contributed by atoms with E-state index in [1.807, 2.05) is 12.1 Å². The number of nitrogens with zero attached hydrogens (tertiary/aromatic N) is 3. The Bertz CT molecular complexity index is 694. The smallest absolute Gasteiger partial charge is 0.191 e. The van der Waals surface area contributed by atoms with Crippen molar-refractivity contribution in [3.05, 3.63) is 47.8 Å². The number of H-pyrrole nitrogens is 1. The first-order valence-electron chi connectivity index (χ1n) is 9.11. The molecule has 1 unspecified atom stereocenters. The maximum Gasteiger partial charge on any atom is 0.191 e. The van der Waals surface area contributed by atoms with Crippen molar-refractivity contribution in [1.29, 1.82) is 0 Å². The summed E-state index contributed by atoms with van der Waals surface area (Å²) in [4.78, 5) is 6.86. The molecule has 3 rings (SSSR count). The van der Waals surface area contributed by atoms with Crippen LogP contribution >= 0.6 is 0 Å². The molecular weight excluding hydrogens is 328 g/mol. The summed E-state index contributed by atoms with van der Waals surface area (Å²) in [5, 5.41) is 13.7. The highest BCUT2D eigenvalue weighted by Crippen LogP contribution is 2.27. The van der Waals surface area contributed by atoms with Gasteiger partial charge in [0.1, 0.15) is 5.75 Å². The molecule has 0 saturated carbocycles. The van der Waals surface area contributed by atoms with Gasteiger partial charge in [0, 0.05) is 19.8 Å². The summed E-state index contributed by atoms with van der Waals surface area (Å²) in [7, 11) is 3.50. The molecule has 7 nitrogen and oxygen atoms in total. The van der Waals surface area contributed by atoms with E-state index in [0.717, 1.165) is 37.0 Å². The number of ether oxygens (including phenoxy) is 1. The van der Waals surface area contributed by atoms with E-state index in [2.05, 4.69) is 48.9 Å². The van der Waals surface area contributed by atoms with Gasteiger partial charge in [-0.25, -0.2) is 0 Å². The first-order chi connectivity index (χ1) is 12.8. The fourth-order valence-corrected chi connectivity index (χ4v) is 3.34. The highest BCUT2D eigenvalue weighted by molar-refractivity contribution is 5.79. The van der Waals surface area contributed by atoms with Crippen LogP contribution < -0.4 is 15.4 Å². The van der Waals surface area contributed by atoms with Gasteiger partial charge in [0.05, 0.1) is 25.4 Å². The monoisotopic (exact) mass is 356 g/mol. The summed E-state index contributed by atoms with van der Waals surface area (Å²) < 4.78 is 5.41. The van der Waals surface area contributed by atoms with Crippen molar-refractivity contribution in [2.75, 3.05) is 33.8 Å². The van der Waals surface area contributed by atoms with E-state index in [1.165, 1.54) is 18.4 Å². The Morgan fingerprint density at radius 1 is 1.31 bits per heavy atom. The van der Waals surface area contributed by atoms with E-state index < -0.39 is 0 Å². The summed E-state index contributed by atoms with van der Waals surface area (Å²) in [6, 6.07) is 10.6. The van der Waals surface area contributed by atoms with Gasteiger partial charge in [-0.2, -0.15) is 5.10 Å². The summed E-state index contributed by atoms with van der Waals surface area (Å²) in [5.74, 6) is 1.68. The van der Waals surface area contributed by atoms with Crippen molar-refractivity contribution in [1.82, 2.24) is 25.7 Å². The molecule has 1 aromatic carbocycles. The van der Waals surface area contributed by atoms with E-state index in [-0.39, 0.29) is 0 Å². The second-order valence-corrected chi connectivity index (χ2v) is 6.42. The summed E-state index contributed by atoms with van der Waals surface area (Å²) in [6.07, 6.45) is 4.26. The van der Waals surface area contributed by atoms with Gasteiger partial charge in [0.15, 0.2) is 5.96 Å². The zero-order chi connectivity index (χ0) is 18.2. The molecule has 1 fully saturated rings. The van der Waals surface area contributed by atoms with E-state index in [4.69, 9.17) is 4.74 Å². The van der Waals surface area contributed by atoms with Crippen molar-refractivity contribution >= 4 is 5.96 Å². The van der Waals surface area contributed by atoms with Crippen molar-refractivity contribution in [2.45, 2.75) is 25.4 Å². The molecule has 1 atom stereocenters. The Morgan fingerprint density at radius 3 is 2.85 bits per heavy atom. The summed E-state index contributed by atoms with van der Waals surface area (Å²) in [6.45, 7) is 3.70. The van der Waals surface area contributed by atoms with Gasteiger partial charge in [-0.1, -0.05) is 12.1 Å². The van der Waals surface area contributed by atoms with Crippen LogP contribution in [0.5, 0.6) is 5.75 Å². The van der Waals surface area contributed by atoms with E-state index in [1.54, 1.807) is 20.4 Å². The lowest BCUT2D eigenvalue weighted by atomic mass is 10.1. The number of hydrogen-bond acceptors (Lipinski definition) is 4. The number of likely N-dealkylation sites (tertiary alicyclic amines) is 1. The average molecular weight is 356 g/mol. The maximum atomic E-state index is 5.41. The molecule has 7 heteroatoms. The van der Waals surface area contributed by atoms with Crippen molar-refractivity contribution in [3.8, 4) is 5.75 Å². The molecule has 0 aliphatic carbocycles. The minimum atomic E-state index is 0.290. The summed E-state index contributed by atoms with van der Waals surface area (Å²) >= 11 is 0. The zero-order valence-corrected chi connectivity index (χ0v) is 15.5. The Morgan fingerprint density at radius 2 is 2.15 bits per heavy atom. The van der Waals surface area contributed by atoms with Crippen LogP contribution in [-0.2, 0) is 6.54 Å². The lowest BCUT2D eigenvalue weighted by Gasteiger charge is -2.29. The third-order valence-electron chi connectivity index (χ3n) is 4.75. The summed E-state index contributed by atoms with van der Waals surface area (Å²) in [5.41, 5.74) is 2.29. The number of rotatable bonds is 7. The van der Waals surface area contributed by atoms with Gasteiger partial charge in [-0.15, -0.1) is 0 Å². The Balaban J connectivity index is 1.64. The Kier molecular flexibility index (Phi) is 6.49. The normalized spacial score (nSPS) is 16.5. The molecule has 0 spiro atoms. The minimum absolute atomic E-state index is 0.290. The first-order valence-corrected chi connectivity index (χ1v) is 9.11. The van der Waals surface area contributed by atoms with Crippen molar-refractivity contribution in [3.63, 3.8) is 0 Å². The van der Waals surface area contributed by atoms with Crippen molar-refractivity contribution < 1.29 is 4.74 Å². The third-order valence-corrected chi connectivity index (χ3v) is 4.75. The highest BCUT2D eigenvalue weighted by Gasteiger charge is 2.24. The highest BCUT2D eigenvalue weighted by atomic mass is 16.5. The molecule has 1 aromatic heterocycles. The van der Waals surface area contributed by atoms with E-state index in [0.29, 0.717) is 12.6 Å². The third kappa shape index (κ3) is 4.76. The van der Waals surface area contributed by atoms with Gasteiger partial charge in [0.2, 0.25) is 0 Å². The Labute approximate surface area is 154 Å². The van der Waals surface area contributed by atoms with Crippen LogP contribution in [0.25, 0.3) is 0 Å². The standard InChI is InChI=1S/C19H28N6O/c1-20-19(21-13-16-8-9-23-24-16)22-14-18(25-10-3-4-11-25)15-6-5-7-17(12-15)26-2/h5-9,12,18H,3-4,10-11,13-14H2,1-2H3,(H,23,24)(H2,20,21,22). The van der Waals surface area contributed by atoms with E-state index in [9.17, 15) is 0 Å². The first kappa shape index (κ1) is 18.3. The number of aromatic nitrogens is 2. The molecule has 140 valence electrons. The second-order valence-electron chi connectivity index (χ2n) is 6.42. The van der Waals surface area contributed by atoms with Crippen LogP contribution in [0.2, 0.25) is 0 Å². The molecule has 2 aromatic rings. The van der Waals surface area contributed by atoms with Gasteiger partial charge in [0.25, 0.3) is 0 Å². The van der Waals surface area contributed by atoms with Gasteiger partial charge < -0.3 is 15.4 Å². The van der Waals surface area contributed by atoms with Gasteiger partial charge >= 0.3 is 0 Å². The molecule has 2 heterocycles. The average Bonchev–Trinajstić information content (AvgIpc) is 3.38. The lowest BCUT2D eigenvalue weighted by molar-refractivity contribution is 0.245. The molecule has 1 aliphatic rings. The van der Waals surface area contributed by atoms with Crippen molar-refractivity contribution in [2.24, 2.45) is 4.99 Å². The molecule has 1 aliphatic heterocycles. The quantitative estimate of drug-likeness (QED) is 0.522. The maximum absolute atomic E-state index is 5.41. The SMILES string of the molecule is CN=C(NCc1ccn[nH]1)NCC(c1cccc(OC)c1)N1CCCC1. The van der Waals surface area contributed by atoms with Crippen LogP contribution in [0.1, 0.15) is 30.1 Å². The number of aliphatic imine (C=N–C) groups is 1. The minimum Gasteiger partial charge on any atom is -0.497 e. The number of nitrogens with one attached hydrogen (secondary N) is 3. The largest absolute Gasteiger partial charge is 0.497 e. The fourth-order valence-electron chi connectivity index (χ4n) is 3.34. The molecule has 0 radical (unpaired) electrons. The van der Waals surface area contributed by atoms with Gasteiger partial charge in [-0.05, 0) is 49.7 Å². The molecule has 3 N–H and O–H groups in total. The van der Waals surface area contributed by atoms with Crippen LogP contribution in [0.15, 0.2) is 41.5 Å². The molecule has 1 saturated heterocycles. The predicted molar refractivity (Wildman–Crippen MR) is 103 cm³/mol. The topological polar surface area (TPSA) is 77.6 Å². The fraction of sp³-hybridized carbons (Fsp3) is 0.474. The van der Waals surface area contributed by atoms with Crippen LogP contribution in [-0.4, -0.2) is 54.8 Å². The van der Waals surface area contributed by atoms with E-state index >= 15 is 0 Å². The zero-order valence-electron chi connectivity index (χ0n) is 15.5. The second kappa shape index (κ2) is 9.24. The molecular formula is C19H28N6O. The van der Waals surface area contributed by atoms with Crippen LogP contribution in [0.4, 0.5) is 0 Å². The number of benzene rings is 1. The molecule has 0 amide bonds. The molecule has 0 bridgehead atoms.